The van der Waals surface area contributed by atoms with Gasteiger partial charge >= 0.3 is 0 Å². The summed E-state index contributed by atoms with van der Waals surface area (Å²) >= 11 is 0. The Kier molecular flexibility index (Phi) is 5.10. The van der Waals surface area contributed by atoms with Crippen molar-refractivity contribution in [1.82, 2.24) is 14.9 Å². The van der Waals surface area contributed by atoms with Gasteiger partial charge in [-0.2, -0.15) is 0 Å². The number of anilines is 1. The average molecular weight is 306 g/mol. The Morgan fingerprint density at radius 1 is 1.32 bits per heavy atom. The number of aromatic nitrogens is 2. The summed E-state index contributed by atoms with van der Waals surface area (Å²) in [5.41, 5.74) is 0.0251. The molecular weight excluding hydrogens is 280 g/mol. The fraction of sp³-hybridized carbons (Fsp3) is 0.750. The minimum Gasteiger partial charge on any atom is -0.380 e. The van der Waals surface area contributed by atoms with E-state index in [-0.39, 0.29) is 5.56 Å². The number of piperidine rings is 1. The Bertz CT molecular complexity index is 531. The van der Waals surface area contributed by atoms with Crippen molar-refractivity contribution in [3.63, 3.8) is 0 Å². The van der Waals surface area contributed by atoms with Crippen molar-refractivity contribution in [1.29, 1.82) is 0 Å². The van der Waals surface area contributed by atoms with Crippen LogP contribution in [0.5, 0.6) is 0 Å². The van der Waals surface area contributed by atoms with Crippen LogP contribution in [0, 0.1) is 0 Å². The predicted octanol–water partition coefficient (Wildman–Crippen LogP) is 1.00. The highest BCUT2D eigenvalue weighted by molar-refractivity contribution is 5.36. The molecule has 0 amide bonds. The molecule has 1 aromatic rings. The highest BCUT2D eigenvalue weighted by Crippen LogP contribution is 2.16. The van der Waals surface area contributed by atoms with E-state index in [1.165, 1.54) is 6.42 Å². The first-order valence-corrected chi connectivity index (χ1v) is 8.42. The maximum absolute atomic E-state index is 12.3. The van der Waals surface area contributed by atoms with E-state index in [0.29, 0.717) is 24.4 Å². The molecule has 0 aromatic carbocycles. The summed E-state index contributed by atoms with van der Waals surface area (Å²) in [7, 11) is 0. The first-order chi connectivity index (χ1) is 10.8. The Hall–Kier alpha value is -1.40. The minimum absolute atomic E-state index is 0.0251. The van der Waals surface area contributed by atoms with Crippen LogP contribution in [-0.2, 0) is 11.3 Å². The second-order valence-electron chi connectivity index (χ2n) is 6.18. The minimum atomic E-state index is 0.0251. The fourth-order valence-electron chi connectivity index (χ4n) is 3.37. The maximum Gasteiger partial charge on any atom is 0.293 e. The van der Waals surface area contributed by atoms with Gasteiger partial charge in [-0.05, 0) is 32.6 Å². The summed E-state index contributed by atoms with van der Waals surface area (Å²) < 4.78 is 7.24. The van der Waals surface area contributed by atoms with Gasteiger partial charge in [0.1, 0.15) is 0 Å². The third-order valence-corrected chi connectivity index (χ3v) is 4.66. The zero-order chi connectivity index (χ0) is 15.4. The molecular formula is C16H26N4O2. The quantitative estimate of drug-likeness (QED) is 0.899. The van der Waals surface area contributed by atoms with Crippen LogP contribution in [0.4, 0.5) is 5.82 Å². The summed E-state index contributed by atoms with van der Waals surface area (Å²) in [6.07, 6.45) is 7.95. The molecule has 0 bridgehead atoms. The summed E-state index contributed by atoms with van der Waals surface area (Å²) in [6, 6.07) is 1.03. The summed E-state index contributed by atoms with van der Waals surface area (Å²) in [5, 5.41) is 3.71. The van der Waals surface area contributed by atoms with Crippen molar-refractivity contribution in [2.75, 3.05) is 31.2 Å². The van der Waals surface area contributed by atoms with Crippen molar-refractivity contribution in [3.8, 4) is 0 Å². The number of rotatable bonds is 4. The molecule has 0 spiro atoms. The van der Waals surface area contributed by atoms with Gasteiger partial charge in [-0.15, -0.1) is 0 Å². The predicted molar refractivity (Wildman–Crippen MR) is 86.4 cm³/mol. The number of nitrogens with one attached hydrogen (secondary N) is 1. The molecule has 22 heavy (non-hydrogen) atoms. The van der Waals surface area contributed by atoms with Crippen molar-refractivity contribution in [3.05, 3.63) is 22.7 Å². The monoisotopic (exact) mass is 306 g/mol. The van der Waals surface area contributed by atoms with E-state index < -0.39 is 0 Å². The Morgan fingerprint density at radius 2 is 2.14 bits per heavy atom. The van der Waals surface area contributed by atoms with E-state index in [1.807, 2.05) is 6.92 Å². The van der Waals surface area contributed by atoms with E-state index >= 15 is 0 Å². The molecule has 0 radical (unpaired) electrons. The second kappa shape index (κ2) is 7.24. The highest BCUT2D eigenvalue weighted by Gasteiger charge is 2.24. The fourth-order valence-corrected chi connectivity index (χ4v) is 3.37. The van der Waals surface area contributed by atoms with Gasteiger partial charge in [0.15, 0.2) is 5.82 Å². The third-order valence-electron chi connectivity index (χ3n) is 4.66. The molecule has 2 saturated heterocycles. The van der Waals surface area contributed by atoms with E-state index in [9.17, 15) is 4.79 Å². The van der Waals surface area contributed by atoms with Gasteiger partial charge in [0.2, 0.25) is 0 Å². The van der Waals surface area contributed by atoms with E-state index in [1.54, 1.807) is 17.0 Å². The number of nitrogens with zero attached hydrogens (tertiary/aromatic N) is 3. The number of hydrogen-bond donors (Lipinski definition) is 1. The van der Waals surface area contributed by atoms with Gasteiger partial charge in [-0.1, -0.05) is 0 Å². The topological polar surface area (TPSA) is 59.4 Å². The number of hydrogen-bond acceptors (Lipinski definition) is 5. The van der Waals surface area contributed by atoms with Crippen molar-refractivity contribution >= 4 is 5.82 Å². The highest BCUT2D eigenvalue weighted by atomic mass is 16.5. The largest absolute Gasteiger partial charge is 0.380 e. The van der Waals surface area contributed by atoms with Crippen molar-refractivity contribution < 1.29 is 4.74 Å². The maximum atomic E-state index is 12.3. The third kappa shape index (κ3) is 3.50. The molecule has 3 heterocycles. The van der Waals surface area contributed by atoms with Gasteiger partial charge < -0.3 is 19.5 Å². The summed E-state index contributed by atoms with van der Waals surface area (Å²) in [6.45, 7) is 6.19. The SMILES string of the molecule is CCn1ccnc(N2CCC(N[C@H]3CCCOC3)CC2)c1=O. The van der Waals surface area contributed by atoms with Crippen LogP contribution in [-0.4, -0.2) is 47.9 Å². The van der Waals surface area contributed by atoms with Crippen molar-refractivity contribution in [2.45, 2.75) is 51.2 Å². The normalized spacial score (nSPS) is 23.7. The first-order valence-electron chi connectivity index (χ1n) is 8.42. The van der Waals surface area contributed by atoms with Gasteiger partial charge in [0.25, 0.3) is 5.56 Å². The lowest BCUT2D eigenvalue weighted by Crippen LogP contribution is -2.49. The zero-order valence-electron chi connectivity index (χ0n) is 13.3. The first kappa shape index (κ1) is 15.5. The zero-order valence-corrected chi connectivity index (χ0v) is 13.3. The van der Waals surface area contributed by atoms with Gasteiger partial charge in [-0.3, -0.25) is 4.79 Å². The molecule has 1 atom stereocenters. The molecule has 0 aliphatic carbocycles. The molecule has 3 rings (SSSR count). The van der Waals surface area contributed by atoms with Gasteiger partial charge in [-0.25, -0.2) is 4.98 Å². The Labute approximate surface area is 131 Å². The number of aryl methyl sites for hydroxylation is 1. The molecule has 122 valence electrons. The summed E-state index contributed by atoms with van der Waals surface area (Å²) in [5.74, 6) is 0.601. The number of ether oxygens (including phenoxy) is 1. The molecule has 1 N–H and O–H groups in total. The van der Waals surface area contributed by atoms with Crippen molar-refractivity contribution in [2.24, 2.45) is 0 Å². The second-order valence-corrected chi connectivity index (χ2v) is 6.18. The van der Waals surface area contributed by atoms with Crippen LogP contribution in [0.25, 0.3) is 0 Å². The van der Waals surface area contributed by atoms with Crippen LogP contribution in [0.1, 0.15) is 32.6 Å². The molecule has 0 saturated carbocycles. The van der Waals surface area contributed by atoms with E-state index in [4.69, 9.17) is 4.74 Å². The molecule has 6 heteroatoms. The van der Waals surface area contributed by atoms with Crippen LogP contribution in [0.2, 0.25) is 0 Å². The van der Waals surface area contributed by atoms with Crippen LogP contribution in [0.15, 0.2) is 17.2 Å². The summed E-state index contributed by atoms with van der Waals surface area (Å²) in [4.78, 5) is 18.8. The molecule has 1 aromatic heterocycles. The van der Waals surface area contributed by atoms with Gasteiger partial charge in [0.05, 0.1) is 6.61 Å². The molecule has 2 fully saturated rings. The smallest absolute Gasteiger partial charge is 0.293 e. The van der Waals surface area contributed by atoms with E-state index in [0.717, 1.165) is 45.6 Å². The Morgan fingerprint density at radius 3 is 2.82 bits per heavy atom. The lowest BCUT2D eigenvalue weighted by molar-refractivity contribution is 0.0650. The molecule has 2 aliphatic heterocycles. The molecule has 2 aliphatic rings. The molecule has 0 unspecified atom stereocenters. The standard InChI is InChI=1S/C16H26N4O2/c1-2-19-10-7-17-15(16(19)21)20-8-5-13(6-9-20)18-14-4-3-11-22-12-14/h7,10,13-14,18H,2-6,8-9,11-12H2,1H3/t14-/m0/s1. The lowest BCUT2D eigenvalue weighted by Gasteiger charge is -2.35. The van der Waals surface area contributed by atoms with Crippen LogP contribution >= 0.6 is 0 Å². The van der Waals surface area contributed by atoms with Crippen LogP contribution in [0.3, 0.4) is 0 Å². The van der Waals surface area contributed by atoms with Crippen LogP contribution < -0.4 is 15.8 Å². The lowest BCUT2D eigenvalue weighted by atomic mass is 10.0. The molecule has 6 nitrogen and oxygen atoms in total. The van der Waals surface area contributed by atoms with E-state index in [2.05, 4.69) is 15.2 Å². The average Bonchev–Trinajstić information content (AvgIpc) is 2.57. The Balaban J connectivity index is 1.56. The van der Waals surface area contributed by atoms with Gasteiger partial charge in [0, 0.05) is 50.7 Å².